The lowest BCUT2D eigenvalue weighted by Crippen LogP contribution is -2.28. The number of aryl methyl sites for hydroxylation is 1. The quantitative estimate of drug-likeness (QED) is 0.822. The topological polar surface area (TPSA) is 24.9 Å². The van der Waals surface area contributed by atoms with Gasteiger partial charge in [0.25, 0.3) is 0 Å². The number of thioether (sulfide) groups is 1. The Hall–Kier alpha value is -0.540. The summed E-state index contributed by atoms with van der Waals surface area (Å²) in [6, 6.07) is 4.92. The highest BCUT2D eigenvalue weighted by atomic mass is 32.2. The van der Waals surface area contributed by atoms with Crippen LogP contribution in [0.4, 0.5) is 0 Å². The molecule has 76 valence electrons. The van der Waals surface area contributed by atoms with Crippen molar-refractivity contribution in [1.82, 2.24) is 10.3 Å². The second kappa shape index (κ2) is 4.80. The summed E-state index contributed by atoms with van der Waals surface area (Å²) >= 11 is 2.04. The molecule has 0 saturated carbocycles. The maximum absolute atomic E-state index is 4.37. The molecule has 0 spiro atoms. The summed E-state index contributed by atoms with van der Waals surface area (Å²) in [6.07, 6.45) is 3.23. The highest BCUT2D eigenvalue weighted by Gasteiger charge is 2.14. The van der Waals surface area contributed by atoms with Crippen LogP contribution in [0, 0.1) is 6.92 Å². The van der Waals surface area contributed by atoms with Gasteiger partial charge < -0.3 is 5.32 Å². The van der Waals surface area contributed by atoms with Crippen molar-refractivity contribution in [1.29, 1.82) is 0 Å². The number of rotatable bonds is 3. The fraction of sp³-hybridized carbons (Fsp3) is 0.545. The summed E-state index contributed by atoms with van der Waals surface area (Å²) in [5.41, 5.74) is 2.37. The molecule has 3 heteroatoms. The minimum absolute atomic E-state index is 0.697. The molecule has 1 aromatic heterocycles. The number of hydrogen-bond acceptors (Lipinski definition) is 3. The molecule has 0 amide bonds. The molecule has 0 aliphatic carbocycles. The van der Waals surface area contributed by atoms with Gasteiger partial charge >= 0.3 is 0 Å². The fourth-order valence-electron chi connectivity index (χ4n) is 1.55. The first-order chi connectivity index (χ1) is 6.84. The van der Waals surface area contributed by atoms with E-state index in [9.17, 15) is 0 Å². The molecule has 1 aliphatic heterocycles. The van der Waals surface area contributed by atoms with E-state index >= 15 is 0 Å². The third-order valence-corrected chi connectivity index (χ3v) is 3.64. The first-order valence-electron chi connectivity index (χ1n) is 5.07. The summed E-state index contributed by atoms with van der Waals surface area (Å²) in [5.74, 6) is 2.56. The van der Waals surface area contributed by atoms with Crippen molar-refractivity contribution in [3.8, 4) is 0 Å². The molecule has 1 unspecified atom stereocenters. The van der Waals surface area contributed by atoms with Gasteiger partial charge in [0.1, 0.15) is 0 Å². The fourth-order valence-corrected chi connectivity index (χ4v) is 2.73. The summed E-state index contributed by atoms with van der Waals surface area (Å²) in [5, 5.41) is 3.53. The first kappa shape index (κ1) is 9.99. The highest BCUT2D eigenvalue weighted by molar-refractivity contribution is 7.99. The van der Waals surface area contributed by atoms with Gasteiger partial charge in [0.2, 0.25) is 0 Å². The molecular weight excluding hydrogens is 192 g/mol. The lowest BCUT2D eigenvalue weighted by Gasteiger charge is -2.10. The minimum atomic E-state index is 0.697. The normalized spacial score (nSPS) is 21.4. The van der Waals surface area contributed by atoms with Crippen molar-refractivity contribution >= 4 is 11.8 Å². The Morgan fingerprint density at radius 3 is 3.14 bits per heavy atom. The van der Waals surface area contributed by atoms with Crippen LogP contribution < -0.4 is 5.32 Å². The molecule has 2 rings (SSSR count). The van der Waals surface area contributed by atoms with E-state index in [2.05, 4.69) is 29.4 Å². The summed E-state index contributed by atoms with van der Waals surface area (Å²) in [4.78, 5) is 4.37. The molecule has 0 bridgehead atoms. The van der Waals surface area contributed by atoms with Gasteiger partial charge in [-0.1, -0.05) is 6.07 Å². The molecular formula is C11H16N2S. The van der Waals surface area contributed by atoms with Crippen LogP contribution in [-0.2, 0) is 6.54 Å². The predicted octanol–water partition coefficient (Wildman–Crippen LogP) is 1.99. The molecule has 0 aromatic carbocycles. The molecule has 1 aromatic rings. The van der Waals surface area contributed by atoms with Crippen molar-refractivity contribution < 1.29 is 0 Å². The Morgan fingerprint density at radius 2 is 2.50 bits per heavy atom. The SMILES string of the molecule is Cc1ccc(CNC2CCSC2)nc1. The molecule has 2 nitrogen and oxygen atoms in total. The molecule has 1 N–H and O–H groups in total. The molecule has 1 saturated heterocycles. The zero-order chi connectivity index (χ0) is 9.80. The summed E-state index contributed by atoms with van der Waals surface area (Å²) in [6.45, 7) is 2.98. The third-order valence-electron chi connectivity index (χ3n) is 2.47. The average molecular weight is 208 g/mol. The number of nitrogens with one attached hydrogen (secondary N) is 1. The third kappa shape index (κ3) is 2.72. The van der Waals surface area contributed by atoms with Crippen molar-refractivity contribution in [2.24, 2.45) is 0 Å². The van der Waals surface area contributed by atoms with E-state index in [1.54, 1.807) is 0 Å². The van der Waals surface area contributed by atoms with Gasteiger partial charge in [0.05, 0.1) is 5.69 Å². The maximum atomic E-state index is 4.37. The maximum Gasteiger partial charge on any atom is 0.0541 e. The van der Waals surface area contributed by atoms with Crippen LogP contribution in [0.1, 0.15) is 17.7 Å². The molecule has 1 fully saturated rings. The largest absolute Gasteiger partial charge is 0.308 e. The van der Waals surface area contributed by atoms with Gasteiger partial charge in [-0.25, -0.2) is 0 Å². The predicted molar refractivity (Wildman–Crippen MR) is 61.5 cm³/mol. The van der Waals surface area contributed by atoms with Crippen LogP contribution in [0.25, 0.3) is 0 Å². The lowest BCUT2D eigenvalue weighted by atomic mass is 10.2. The Balaban J connectivity index is 1.82. The monoisotopic (exact) mass is 208 g/mol. The molecule has 0 radical (unpaired) electrons. The summed E-state index contributed by atoms with van der Waals surface area (Å²) < 4.78 is 0. The minimum Gasteiger partial charge on any atom is -0.308 e. The zero-order valence-electron chi connectivity index (χ0n) is 8.49. The van der Waals surface area contributed by atoms with Gasteiger partial charge in [-0.05, 0) is 30.7 Å². The van der Waals surface area contributed by atoms with Crippen LogP contribution >= 0.6 is 11.8 Å². The molecule has 2 heterocycles. The zero-order valence-corrected chi connectivity index (χ0v) is 9.31. The van der Waals surface area contributed by atoms with E-state index in [0.717, 1.165) is 12.2 Å². The smallest absolute Gasteiger partial charge is 0.0541 e. The second-order valence-corrected chi connectivity index (χ2v) is 4.92. The Labute approximate surface area is 89.5 Å². The van der Waals surface area contributed by atoms with Crippen molar-refractivity contribution in [3.05, 3.63) is 29.6 Å². The summed E-state index contributed by atoms with van der Waals surface area (Å²) in [7, 11) is 0. The van der Waals surface area contributed by atoms with E-state index in [-0.39, 0.29) is 0 Å². The van der Waals surface area contributed by atoms with Gasteiger partial charge in [-0.3, -0.25) is 4.98 Å². The van der Waals surface area contributed by atoms with Crippen LogP contribution in [0.3, 0.4) is 0 Å². The molecule has 1 atom stereocenters. The average Bonchev–Trinajstić information content (AvgIpc) is 2.70. The standard InChI is InChI=1S/C11H16N2S/c1-9-2-3-10(12-6-9)7-13-11-4-5-14-8-11/h2-3,6,11,13H,4-5,7-8H2,1H3. The Kier molecular flexibility index (Phi) is 3.43. The van der Waals surface area contributed by atoms with E-state index in [1.807, 2.05) is 18.0 Å². The highest BCUT2D eigenvalue weighted by Crippen LogP contribution is 2.17. The van der Waals surface area contributed by atoms with E-state index in [4.69, 9.17) is 0 Å². The first-order valence-corrected chi connectivity index (χ1v) is 6.23. The number of pyridine rings is 1. The lowest BCUT2D eigenvalue weighted by molar-refractivity contribution is 0.552. The van der Waals surface area contributed by atoms with Gasteiger partial charge in [-0.2, -0.15) is 11.8 Å². The van der Waals surface area contributed by atoms with Crippen LogP contribution in [-0.4, -0.2) is 22.5 Å². The molecule has 14 heavy (non-hydrogen) atoms. The van der Waals surface area contributed by atoms with E-state index in [0.29, 0.717) is 6.04 Å². The van der Waals surface area contributed by atoms with Crippen LogP contribution in [0.5, 0.6) is 0 Å². The Bertz CT molecular complexity index is 278. The van der Waals surface area contributed by atoms with Crippen molar-refractivity contribution in [2.45, 2.75) is 25.9 Å². The van der Waals surface area contributed by atoms with Crippen molar-refractivity contribution in [3.63, 3.8) is 0 Å². The number of nitrogens with zero attached hydrogens (tertiary/aromatic N) is 1. The van der Waals surface area contributed by atoms with Crippen LogP contribution in [0.15, 0.2) is 18.3 Å². The van der Waals surface area contributed by atoms with Gasteiger partial charge in [0, 0.05) is 24.5 Å². The van der Waals surface area contributed by atoms with E-state index in [1.165, 1.54) is 23.5 Å². The van der Waals surface area contributed by atoms with Gasteiger partial charge in [0.15, 0.2) is 0 Å². The second-order valence-electron chi connectivity index (χ2n) is 3.77. The van der Waals surface area contributed by atoms with Gasteiger partial charge in [-0.15, -0.1) is 0 Å². The molecule has 1 aliphatic rings. The Morgan fingerprint density at radius 1 is 1.57 bits per heavy atom. The number of aromatic nitrogens is 1. The number of hydrogen-bond donors (Lipinski definition) is 1. The van der Waals surface area contributed by atoms with E-state index < -0.39 is 0 Å². The van der Waals surface area contributed by atoms with Crippen molar-refractivity contribution in [2.75, 3.05) is 11.5 Å². The van der Waals surface area contributed by atoms with Crippen LogP contribution in [0.2, 0.25) is 0 Å².